The van der Waals surface area contributed by atoms with E-state index in [-0.39, 0.29) is 29.9 Å². The average Bonchev–Trinajstić information content (AvgIpc) is 3.35. The number of nitrogens with zero attached hydrogens (tertiary/aromatic N) is 2. The number of amides is 4. The van der Waals surface area contributed by atoms with Crippen LogP contribution in [0.15, 0.2) is 79.5 Å². The van der Waals surface area contributed by atoms with Crippen molar-refractivity contribution in [2.75, 3.05) is 10.2 Å². The number of carbonyl (C=O) groups excluding carboxylic acids is 3. The van der Waals surface area contributed by atoms with Gasteiger partial charge in [0, 0.05) is 18.3 Å². The summed E-state index contributed by atoms with van der Waals surface area (Å²) in [7, 11) is 0. The first kappa shape index (κ1) is 25.6. The summed E-state index contributed by atoms with van der Waals surface area (Å²) in [4.78, 5) is 45.9. The second kappa shape index (κ2) is 10.8. The Morgan fingerprint density at radius 2 is 1.70 bits per heavy atom. The number of urea groups is 1. The smallest absolute Gasteiger partial charge is 0.331 e. The molecule has 9 nitrogen and oxygen atoms in total. The number of anilines is 3. The number of pyridine rings is 1. The summed E-state index contributed by atoms with van der Waals surface area (Å²) in [5.74, 6) is 0.805. The Labute approximate surface area is 234 Å². The third-order valence-electron chi connectivity index (χ3n) is 7.12. The van der Waals surface area contributed by atoms with E-state index in [1.165, 1.54) is 17.4 Å². The number of rotatable bonds is 7. The highest BCUT2D eigenvalue weighted by atomic mass is 32.1. The number of para-hydroxylation sites is 1. The zero-order valence-corrected chi connectivity index (χ0v) is 22.4. The van der Waals surface area contributed by atoms with E-state index in [0.29, 0.717) is 37.9 Å². The normalized spacial score (nSPS) is 18.1. The van der Waals surface area contributed by atoms with Gasteiger partial charge in [-0.3, -0.25) is 14.5 Å². The van der Waals surface area contributed by atoms with Crippen molar-refractivity contribution in [2.24, 2.45) is 0 Å². The fourth-order valence-electron chi connectivity index (χ4n) is 5.24. The maximum atomic E-state index is 13.5. The van der Waals surface area contributed by atoms with Crippen LogP contribution in [0.1, 0.15) is 35.4 Å². The molecule has 1 fully saturated rings. The molecule has 1 aliphatic carbocycles. The molecule has 1 unspecified atom stereocenters. The number of hydrogen-bond acceptors (Lipinski definition) is 6. The summed E-state index contributed by atoms with van der Waals surface area (Å²) in [6, 6.07) is 17.7. The molecule has 10 heteroatoms. The highest BCUT2D eigenvalue weighted by Crippen LogP contribution is 2.46. The van der Waals surface area contributed by atoms with Gasteiger partial charge in [0.05, 0.1) is 22.4 Å². The van der Waals surface area contributed by atoms with Crippen LogP contribution in [-0.2, 0) is 4.79 Å². The fourth-order valence-corrected chi connectivity index (χ4v) is 6.26. The van der Waals surface area contributed by atoms with Crippen LogP contribution >= 0.6 is 11.3 Å². The largest absolute Gasteiger partial charge is 0.457 e. The van der Waals surface area contributed by atoms with Gasteiger partial charge in [-0.15, -0.1) is 11.3 Å². The minimum Gasteiger partial charge on any atom is -0.457 e. The number of benzene rings is 2. The van der Waals surface area contributed by atoms with E-state index in [2.05, 4.69) is 27.5 Å². The zero-order chi connectivity index (χ0) is 27.6. The van der Waals surface area contributed by atoms with Crippen molar-refractivity contribution in [3.63, 3.8) is 0 Å². The summed E-state index contributed by atoms with van der Waals surface area (Å²) in [5, 5.41) is 9.67. The van der Waals surface area contributed by atoms with Crippen LogP contribution in [0.25, 0.3) is 10.2 Å². The molecule has 2 atom stereocenters. The molecule has 6 rings (SSSR count). The third-order valence-corrected chi connectivity index (χ3v) is 8.22. The minimum atomic E-state index is -0.377. The number of carbonyl (C=O) groups is 3. The molecule has 1 saturated carbocycles. The lowest BCUT2D eigenvalue weighted by atomic mass is 9.90. The van der Waals surface area contributed by atoms with Crippen molar-refractivity contribution in [3.05, 3.63) is 84.4 Å². The SMILES string of the molecule is C=CC(=O)N[C@@H]1CCCCC1NC(=O)c1sc2nccc3c2c1NC(=O)N3c1ccc(Oc2ccccc2)cc1. The zero-order valence-electron chi connectivity index (χ0n) is 21.6. The summed E-state index contributed by atoms with van der Waals surface area (Å²) < 4.78 is 5.89. The second-order valence-corrected chi connectivity index (χ2v) is 10.7. The van der Waals surface area contributed by atoms with Gasteiger partial charge in [0.25, 0.3) is 5.91 Å². The van der Waals surface area contributed by atoms with Crippen LogP contribution in [0.3, 0.4) is 0 Å². The second-order valence-electron chi connectivity index (χ2n) is 9.67. The molecule has 3 N–H and O–H groups in total. The van der Waals surface area contributed by atoms with Crippen LogP contribution in [-0.4, -0.2) is 34.9 Å². The number of hydrogen-bond donors (Lipinski definition) is 3. The lowest BCUT2D eigenvalue weighted by Gasteiger charge is -2.32. The molecule has 2 aliphatic rings. The van der Waals surface area contributed by atoms with Crippen molar-refractivity contribution >= 4 is 56.5 Å². The van der Waals surface area contributed by atoms with E-state index >= 15 is 0 Å². The van der Waals surface area contributed by atoms with Gasteiger partial charge in [0.2, 0.25) is 5.91 Å². The number of thiophene rings is 1. The van der Waals surface area contributed by atoms with E-state index in [1.54, 1.807) is 17.2 Å². The first-order chi connectivity index (χ1) is 19.5. The predicted molar refractivity (Wildman–Crippen MR) is 156 cm³/mol. The molecule has 1 aliphatic heterocycles. The molecule has 3 heterocycles. The van der Waals surface area contributed by atoms with Crippen molar-refractivity contribution in [1.82, 2.24) is 15.6 Å². The van der Waals surface area contributed by atoms with Crippen molar-refractivity contribution in [3.8, 4) is 11.5 Å². The quantitative estimate of drug-likeness (QED) is 0.239. The minimum absolute atomic E-state index is 0.179. The maximum absolute atomic E-state index is 13.5. The molecule has 2 aromatic carbocycles. The van der Waals surface area contributed by atoms with Gasteiger partial charge in [0.1, 0.15) is 21.2 Å². The lowest BCUT2D eigenvalue weighted by Crippen LogP contribution is -2.52. The van der Waals surface area contributed by atoms with Gasteiger partial charge >= 0.3 is 6.03 Å². The van der Waals surface area contributed by atoms with Crippen LogP contribution < -0.4 is 25.6 Å². The summed E-state index contributed by atoms with van der Waals surface area (Å²) in [5.41, 5.74) is 1.74. The molecular weight excluding hydrogens is 526 g/mol. The standard InChI is InChI=1S/C30H27N5O4S/c1-2-24(36)32-21-10-6-7-11-22(21)33-28(37)27-26-25-23(16-17-31-29(25)40-27)35(30(38)34-26)18-12-14-20(15-13-18)39-19-8-4-3-5-9-19/h2-5,8-9,12-17,21-22H,1,6-7,10-11H2,(H,32,36)(H,33,37)(H,34,38)/t21-,22?/m1/s1. The molecule has 0 saturated heterocycles. The van der Waals surface area contributed by atoms with E-state index in [0.717, 1.165) is 31.4 Å². The third kappa shape index (κ3) is 4.89. The van der Waals surface area contributed by atoms with Crippen LogP contribution in [0.4, 0.5) is 21.9 Å². The highest BCUT2D eigenvalue weighted by Gasteiger charge is 2.34. The molecule has 4 amide bonds. The van der Waals surface area contributed by atoms with Gasteiger partial charge < -0.3 is 20.7 Å². The van der Waals surface area contributed by atoms with Crippen LogP contribution in [0.5, 0.6) is 11.5 Å². The summed E-state index contributed by atoms with van der Waals surface area (Å²) >= 11 is 1.23. The van der Waals surface area contributed by atoms with E-state index < -0.39 is 0 Å². The number of aromatic nitrogens is 1. The number of nitrogens with one attached hydrogen (secondary N) is 3. The first-order valence-electron chi connectivity index (χ1n) is 13.1. The van der Waals surface area contributed by atoms with Crippen LogP contribution in [0.2, 0.25) is 0 Å². The molecule has 0 spiro atoms. The van der Waals surface area contributed by atoms with Crippen molar-refractivity contribution in [1.29, 1.82) is 0 Å². The summed E-state index contributed by atoms with van der Waals surface area (Å²) in [6.07, 6.45) is 6.33. The van der Waals surface area contributed by atoms with Gasteiger partial charge in [-0.2, -0.15) is 0 Å². The Balaban J connectivity index is 1.27. The van der Waals surface area contributed by atoms with E-state index in [4.69, 9.17) is 4.74 Å². The fraction of sp³-hybridized carbons (Fsp3) is 0.200. The molecular formula is C30H27N5O4S. The maximum Gasteiger partial charge on any atom is 0.331 e. The van der Waals surface area contributed by atoms with Gasteiger partial charge in [-0.05, 0) is 61.4 Å². The summed E-state index contributed by atoms with van der Waals surface area (Å²) in [6.45, 7) is 3.52. The first-order valence-corrected chi connectivity index (χ1v) is 13.9. The Kier molecular flexibility index (Phi) is 6.91. The Bertz CT molecular complexity index is 1600. The predicted octanol–water partition coefficient (Wildman–Crippen LogP) is 6.12. The number of ether oxygens (including phenoxy) is 1. The van der Waals surface area contributed by atoms with Gasteiger partial charge in [-0.25, -0.2) is 9.78 Å². The molecule has 40 heavy (non-hydrogen) atoms. The average molecular weight is 554 g/mol. The lowest BCUT2D eigenvalue weighted by molar-refractivity contribution is -0.117. The Morgan fingerprint density at radius 1 is 1.00 bits per heavy atom. The van der Waals surface area contributed by atoms with E-state index in [1.807, 2.05) is 54.6 Å². The van der Waals surface area contributed by atoms with Crippen molar-refractivity contribution in [2.45, 2.75) is 37.8 Å². The molecule has 0 bridgehead atoms. The van der Waals surface area contributed by atoms with E-state index in [9.17, 15) is 14.4 Å². The monoisotopic (exact) mass is 553 g/mol. The highest BCUT2D eigenvalue weighted by molar-refractivity contribution is 7.21. The molecule has 2 aromatic heterocycles. The topological polar surface area (TPSA) is 113 Å². The Morgan fingerprint density at radius 3 is 2.42 bits per heavy atom. The van der Waals surface area contributed by atoms with Crippen molar-refractivity contribution < 1.29 is 19.1 Å². The molecule has 0 radical (unpaired) electrons. The van der Waals surface area contributed by atoms with Crippen LogP contribution in [0, 0.1) is 0 Å². The Hall–Kier alpha value is -4.70. The van der Waals surface area contributed by atoms with Gasteiger partial charge in [0.15, 0.2) is 0 Å². The molecule has 4 aromatic rings. The molecule has 202 valence electrons. The van der Waals surface area contributed by atoms with Gasteiger partial charge in [-0.1, -0.05) is 37.6 Å².